The van der Waals surface area contributed by atoms with Gasteiger partial charge in [-0.25, -0.2) is 4.98 Å². The van der Waals surface area contributed by atoms with Gasteiger partial charge in [0.05, 0.1) is 24.7 Å². The molecule has 0 aliphatic carbocycles. The molecule has 0 bridgehead atoms. The molecule has 1 aliphatic heterocycles. The topological polar surface area (TPSA) is 42.3 Å². The number of imidazole rings is 1. The summed E-state index contributed by atoms with van der Waals surface area (Å²) in [6.07, 6.45) is 1.14. The summed E-state index contributed by atoms with van der Waals surface area (Å²) in [5.41, 5.74) is 3.49. The van der Waals surface area contributed by atoms with E-state index in [0.717, 1.165) is 56.4 Å². The highest BCUT2D eigenvalue weighted by Crippen LogP contribution is 2.25. The predicted octanol–water partition coefficient (Wildman–Crippen LogP) is 2.89. The lowest BCUT2D eigenvalue weighted by atomic mass is 10.2. The zero-order valence-corrected chi connectivity index (χ0v) is 14.6. The van der Waals surface area contributed by atoms with Crippen LogP contribution in [-0.4, -0.2) is 42.8 Å². The number of hydrogen-bond donors (Lipinski definition) is 1. The van der Waals surface area contributed by atoms with Gasteiger partial charge in [0.15, 0.2) is 0 Å². The molecule has 0 spiro atoms. The third kappa shape index (κ3) is 3.33. The molecule has 0 amide bonds. The van der Waals surface area contributed by atoms with E-state index < -0.39 is 0 Å². The first-order valence-corrected chi connectivity index (χ1v) is 8.89. The lowest BCUT2D eigenvalue weighted by molar-refractivity contribution is 0.414. The Kier molecular flexibility index (Phi) is 4.57. The summed E-state index contributed by atoms with van der Waals surface area (Å²) >= 11 is 0. The number of methoxy groups -OCH3 is 1. The van der Waals surface area contributed by atoms with Gasteiger partial charge in [-0.05, 0) is 42.8 Å². The van der Waals surface area contributed by atoms with Crippen LogP contribution in [0, 0.1) is 0 Å². The summed E-state index contributed by atoms with van der Waals surface area (Å²) in [6, 6.07) is 16.7. The summed E-state index contributed by atoms with van der Waals surface area (Å²) in [7, 11) is 1.70. The molecule has 25 heavy (non-hydrogen) atoms. The Morgan fingerprint density at radius 3 is 2.72 bits per heavy atom. The van der Waals surface area contributed by atoms with Gasteiger partial charge in [0.2, 0.25) is 5.95 Å². The Morgan fingerprint density at radius 1 is 1.04 bits per heavy atom. The number of aromatic nitrogens is 2. The van der Waals surface area contributed by atoms with E-state index in [1.54, 1.807) is 7.11 Å². The van der Waals surface area contributed by atoms with E-state index in [4.69, 9.17) is 9.72 Å². The van der Waals surface area contributed by atoms with Gasteiger partial charge < -0.3 is 19.5 Å². The van der Waals surface area contributed by atoms with Crippen molar-refractivity contribution < 1.29 is 4.74 Å². The predicted molar refractivity (Wildman–Crippen MR) is 102 cm³/mol. The molecule has 130 valence electrons. The molecule has 4 rings (SSSR count). The normalized spacial score (nSPS) is 15.3. The molecule has 0 unspecified atom stereocenters. The molecule has 0 radical (unpaired) electrons. The molecule has 1 fully saturated rings. The molecule has 1 N–H and O–H groups in total. The Labute approximate surface area is 148 Å². The standard InChI is InChI=1S/C20H24N4O/c1-25-17-9-7-16(8-10-17)15-24-19-6-3-2-5-18(19)22-20(24)23-13-4-11-21-12-14-23/h2-3,5-10,21H,4,11-15H2,1H3. The monoisotopic (exact) mass is 336 g/mol. The largest absolute Gasteiger partial charge is 0.497 e. The fourth-order valence-electron chi connectivity index (χ4n) is 3.42. The summed E-state index contributed by atoms with van der Waals surface area (Å²) in [4.78, 5) is 7.35. The lowest BCUT2D eigenvalue weighted by Crippen LogP contribution is -2.30. The van der Waals surface area contributed by atoms with Gasteiger partial charge in [-0.3, -0.25) is 0 Å². The second-order valence-corrected chi connectivity index (χ2v) is 6.43. The number of fused-ring (bicyclic) bond motifs is 1. The van der Waals surface area contributed by atoms with Gasteiger partial charge in [-0.2, -0.15) is 0 Å². The van der Waals surface area contributed by atoms with E-state index in [0.29, 0.717) is 0 Å². The van der Waals surface area contributed by atoms with Crippen molar-refractivity contribution in [2.24, 2.45) is 0 Å². The van der Waals surface area contributed by atoms with Crippen molar-refractivity contribution in [2.75, 3.05) is 38.2 Å². The molecule has 5 nitrogen and oxygen atoms in total. The molecule has 0 saturated carbocycles. The first-order valence-electron chi connectivity index (χ1n) is 8.89. The van der Waals surface area contributed by atoms with E-state index in [-0.39, 0.29) is 0 Å². The van der Waals surface area contributed by atoms with Crippen LogP contribution in [-0.2, 0) is 6.54 Å². The van der Waals surface area contributed by atoms with Crippen LogP contribution in [0.1, 0.15) is 12.0 Å². The van der Waals surface area contributed by atoms with E-state index in [2.05, 4.69) is 51.2 Å². The van der Waals surface area contributed by atoms with Crippen molar-refractivity contribution in [3.63, 3.8) is 0 Å². The third-order valence-electron chi connectivity index (χ3n) is 4.76. The Hall–Kier alpha value is -2.53. The van der Waals surface area contributed by atoms with Crippen LogP contribution >= 0.6 is 0 Å². The third-order valence-corrected chi connectivity index (χ3v) is 4.76. The summed E-state index contributed by atoms with van der Waals surface area (Å²) in [5, 5.41) is 3.47. The zero-order valence-electron chi connectivity index (χ0n) is 14.6. The smallest absolute Gasteiger partial charge is 0.206 e. The number of para-hydroxylation sites is 2. The maximum atomic E-state index is 5.27. The van der Waals surface area contributed by atoms with Crippen LogP contribution in [0.15, 0.2) is 48.5 Å². The summed E-state index contributed by atoms with van der Waals surface area (Å²) in [6.45, 7) is 4.93. The number of nitrogens with zero attached hydrogens (tertiary/aromatic N) is 3. The van der Waals surface area contributed by atoms with E-state index >= 15 is 0 Å². The van der Waals surface area contributed by atoms with Gasteiger partial charge in [-0.1, -0.05) is 24.3 Å². The van der Waals surface area contributed by atoms with Gasteiger partial charge in [0.25, 0.3) is 0 Å². The van der Waals surface area contributed by atoms with Gasteiger partial charge >= 0.3 is 0 Å². The first-order chi connectivity index (χ1) is 12.3. The van der Waals surface area contributed by atoms with E-state index in [1.165, 1.54) is 11.1 Å². The quantitative estimate of drug-likeness (QED) is 0.795. The van der Waals surface area contributed by atoms with Crippen molar-refractivity contribution in [2.45, 2.75) is 13.0 Å². The number of anilines is 1. The van der Waals surface area contributed by atoms with Crippen molar-refractivity contribution >= 4 is 17.0 Å². The average molecular weight is 336 g/mol. The molecule has 5 heteroatoms. The Bertz CT molecular complexity index is 833. The molecule has 3 aromatic rings. The molecule has 2 heterocycles. The highest BCUT2D eigenvalue weighted by molar-refractivity contribution is 5.79. The van der Waals surface area contributed by atoms with E-state index in [9.17, 15) is 0 Å². The van der Waals surface area contributed by atoms with Crippen LogP contribution in [0.2, 0.25) is 0 Å². The van der Waals surface area contributed by atoms with Crippen LogP contribution in [0.3, 0.4) is 0 Å². The Morgan fingerprint density at radius 2 is 1.88 bits per heavy atom. The molecule has 2 aromatic carbocycles. The molecule has 0 atom stereocenters. The maximum absolute atomic E-state index is 5.27. The molecule has 1 aliphatic rings. The number of rotatable bonds is 4. The van der Waals surface area contributed by atoms with Crippen LogP contribution in [0.4, 0.5) is 5.95 Å². The lowest BCUT2D eigenvalue weighted by Gasteiger charge is -2.22. The highest BCUT2D eigenvalue weighted by atomic mass is 16.5. The minimum absolute atomic E-state index is 0.809. The number of hydrogen-bond acceptors (Lipinski definition) is 4. The number of nitrogens with one attached hydrogen (secondary N) is 1. The minimum atomic E-state index is 0.809. The minimum Gasteiger partial charge on any atom is -0.497 e. The first kappa shape index (κ1) is 16.0. The Balaban J connectivity index is 1.72. The number of benzene rings is 2. The molecular formula is C20H24N4O. The second kappa shape index (κ2) is 7.15. The maximum Gasteiger partial charge on any atom is 0.206 e. The fraction of sp³-hybridized carbons (Fsp3) is 0.350. The summed E-state index contributed by atoms with van der Waals surface area (Å²) < 4.78 is 7.61. The van der Waals surface area contributed by atoms with Gasteiger partial charge in [-0.15, -0.1) is 0 Å². The van der Waals surface area contributed by atoms with Crippen molar-refractivity contribution in [3.8, 4) is 5.75 Å². The zero-order chi connectivity index (χ0) is 17.1. The average Bonchev–Trinajstić information content (AvgIpc) is 2.84. The molecule has 1 saturated heterocycles. The fourth-order valence-corrected chi connectivity index (χ4v) is 3.42. The number of ether oxygens (including phenoxy) is 1. The second-order valence-electron chi connectivity index (χ2n) is 6.43. The van der Waals surface area contributed by atoms with Gasteiger partial charge in [0, 0.05) is 19.6 Å². The van der Waals surface area contributed by atoms with Crippen molar-refractivity contribution in [1.29, 1.82) is 0 Å². The SMILES string of the molecule is COc1ccc(Cn2c(N3CCCNCC3)nc3ccccc32)cc1. The van der Waals surface area contributed by atoms with Crippen LogP contribution in [0.5, 0.6) is 5.75 Å². The van der Waals surface area contributed by atoms with Crippen molar-refractivity contribution in [3.05, 3.63) is 54.1 Å². The van der Waals surface area contributed by atoms with Crippen LogP contribution in [0.25, 0.3) is 11.0 Å². The molecular weight excluding hydrogens is 312 g/mol. The van der Waals surface area contributed by atoms with Crippen LogP contribution < -0.4 is 15.0 Å². The van der Waals surface area contributed by atoms with Gasteiger partial charge in [0.1, 0.15) is 5.75 Å². The van der Waals surface area contributed by atoms with E-state index in [1.807, 2.05) is 12.1 Å². The summed E-state index contributed by atoms with van der Waals surface area (Å²) in [5.74, 6) is 1.96. The van der Waals surface area contributed by atoms with Crippen molar-refractivity contribution in [1.82, 2.24) is 14.9 Å². The molecule has 1 aromatic heterocycles. The highest BCUT2D eigenvalue weighted by Gasteiger charge is 2.18.